The molecular formula is C25H30BrFN4O3. The van der Waals surface area contributed by atoms with E-state index in [4.69, 9.17) is 4.74 Å². The van der Waals surface area contributed by atoms with E-state index in [0.717, 1.165) is 24.0 Å². The van der Waals surface area contributed by atoms with Gasteiger partial charge in [0.05, 0.1) is 23.9 Å². The van der Waals surface area contributed by atoms with Crippen molar-refractivity contribution in [3.05, 3.63) is 63.9 Å². The molecule has 9 heteroatoms. The molecule has 2 aromatic rings. The lowest BCUT2D eigenvalue weighted by Crippen LogP contribution is -2.47. The fourth-order valence-corrected chi connectivity index (χ4v) is 5.13. The third-order valence-electron chi connectivity index (χ3n) is 6.37. The molecule has 0 spiro atoms. The van der Waals surface area contributed by atoms with Gasteiger partial charge in [0.2, 0.25) is 0 Å². The van der Waals surface area contributed by atoms with Crippen LogP contribution in [0.4, 0.5) is 10.1 Å². The summed E-state index contributed by atoms with van der Waals surface area (Å²) in [5.41, 5.74) is 2.29. The second-order valence-corrected chi connectivity index (χ2v) is 9.99. The number of carbonyl (C=O) groups excluding carboxylic acids is 2. The summed E-state index contributed by atoms with van der Waals surface area (Å²) in [5, 5.41) is 8.71. The number of nitrogens with one attached hydrogen (secondary N) is 3. The van der Waals surface area contributed by atoms with Gasteiger partial charge in [-0.2, -0.15) is 0 Å². The molecule has 0 unspecified atom stereocenters. The zero-order chi connectivity index (χ0) is 24.2. The first kappa shape index (κ1) is 24.6. The van der Waals surface area contributed by atoms with E-state index >= 15 is 0 Å². The van der Waals surface area contributed by atoms with Crippen LogP contribution in [0, 0.1) is 11.7 Å². The van der Waals surface area contributed by atoms with Crippen LogP contribution in [-0.4, -0.2) is 56.5 Å². The highest BCUT2D eigenvalue weighted by molar-refractivity contribution is 9.10. The third-order valence-corrected chi connectivity index (χ3v) is 6.83. The minimum atomic E-state index is -0.675. The molecule has 2 amide bonds. The maximum Gasteiger partial charge on any atom is 0.309 e. The molecule has 1 saturated heterocycles. The Morgan fingerprint density at radius 1 is 1.15 bits per heavy atom. The van der Waals surface area contributed by atoms with Crippen molar-refractivity contribution < 1.29 is 18.7 Å². The van der Waals surface area contributed by atoms with Gasteiger partial charge in [-0.05, 0) is 44.6 Å². The first-order chi connectivity index (χ1) is 16.3. The summed E-state index contributed by atoms with van der Waals surface area (Å²) < 4.78 is 22.0. The number of likely N-dealkylation sites (N-methyl/N-ethyl adjacent to an activating group) is 1. The van der Waals surface area contributed by atoms with Crippen LogP contribution in [0.3, 0.4) is 0 Å². The lowest BCUT2D eigenvalue weighted by Gasteiger charge is -2.45. The molecule has 2 aromatic carbocycles. The molecule has 0 radical (unpaired) electrons. The van der Waals surface area contributed by atoms with E-state index in [1.165, 1.54) is 6.07 Å². The Morgan fingerprint density at radius 3 is 2.62 bits per heavy atom. The number of rotatable bonds is 6. The number of fused-ring (bicyclic) bond motifs is 3. The predicted molar refractivity (Wildman–Crippen MR) is 132 cm³/mol. The molecular weight excluding hydrogens is 503 g/mol. The van der Waals surface area contributed by atoms with Gasteiger partial charge in [-0.3, -0.25) is 9.59 Å². The molecule has 0 bridgehead atoms. The second-order valence-electron chi connectivity index (χ2n) is 9.07. The number of anilines is 1. The smallest absolute Gasteiger partial charge is 0.309 e. The van der Waals surface area contributed by atoms with Gasteiger partial charge in [-0.15, -0.1) is 0 Å². The average Bonchev–Trinajstić information content (AvgIpc) is 2.82. The van der Waals surface area contributed by atoms with Crippen LogP contribution >= 0.6 is 15.9 Å². The summed E-state index contributed by atoms with van der Waals surface area (Å²) in [6.07, 6.45) is 0.947. The van der Waals surface area contributed by atoms with E-state index in [2.05, 4.69) is 31.9 Å². The van der Waals surface area contributed by atoms with Crippen molar-refractivity contribution in [2.24, 2.45) is 5.92 Å². The number of nitrogens with zero attached hydrogens (tertiary/aromatic N) is 1. The Kier molecular flexibility index (Phi) is 7.85. The van der Waals surface area contributed by atoms with E-state index in [-0.39, 0.29) is 36.5 Å². The van der Waals surface area contributed by atoms with Gasteiger partial charge in [0, 0.05) is 35.6 Å². The molecule has 4 atom stereocenters. The SMILES string of the molecule is CN(C)CCNC(=O)C(=O)NC[C@H]1CC[C@@H]2[C@H](O1)c1cc(Br)cc(F)c1N[C@H]2c1ccccc1. The topological polar surface area (TPSA) is 82.7 Å². The summed E-state index contributed by atoms with van der Waals surface area (Å²) in [5.74, 6) is -1.56. The predicted octanol–water partition coefficient (Wildman–Crippen LogP) is 3.39. The van der Waals surface area contributed by atoms with Gasteiger partial charge < -0.3 is 25.6 Å². The molecule has 2 heterocycles. The van der Waals surface area contributed by atoms with E-state index in [1.54, 1.807) is 0 Å². The van der Waals surface area contributed by atoms with Crippen molar-refractivity contribution in [2.75, 3.05) is 39.0 Å². The number of ether oxygens (including phenoxy) is 1. The first-order valence-electron chi connectivity index (χ1n) is 11.5. The summed E-state index contributed by atoms with van der Waals surface area (Å²) in [4.78, 5) is 26.2. The summed E-state index contributed by atoms with van der Waals surface area (Å²) in [6.45, 7) is 1.27. The van der Waals surface area contributed by atoms with Crippen LogP contribution in [0.15, 0.2) is 46.9 Å². The van der Waals surface area contributed by atoms with Gasteiger partial charge in [-0.1, -0.05) is 46.3 Å². The second kappa shape index (κ2) is 10.8. The minimum absolute atomic E-state index is 0.0904. The number of benzene rings is 2. The highest BCUT2D eigenvalue weighted by Crippen LogP contribution is 2.51. The average molecular weight is 533 g/mol. The third kappa shape index (κ3) is 5.59. The standard InChI is InChI=1S/C25H30BrFN4O3/c1-31(2)11-10-28-24(32)25(33)29-14-17-8-9-18-21(15-6-4-3-5-7-15)30-22-19(23(18)34-17)12-16(26)13-20(22)27/h3-7,12-13,17-18,21,23,30H,8-11,14H2,1-2H3,(H,28,32)(H,29,33)/t17-,18+,21+,23+/m1/s1. The fraction of sp³-hybridized carbons (Fsp3) is 0.440. The fourth-order valence-electron chi connectivity index (χ4n) is 4.69. The van der Waals surface area contributed by atoms with Crippen LogP contribution in [0.2, 0.25) is 0 Å². The molecule has 2 aliphatic heterocycles. The van der Waals surface area contributed by atoms with Crippen molar-refractivity contribution in [1.82, 2.24) is 15.5 Å². The highest BCUT2D eigenvalue weighted by atomic mass is 79.9. The Labute approximate surface area is 207 Å². The van der Waals surface area contributed by atoms with E-state index in [9.17, 15) is 14.0 Å². The monoisotopic (exact) mass is 532 g/mol. The zero-order valence-electron chi connectivity index (χ0n) is 19.3. The molecule has 2 aliphatic rings. The van der Waals surface area contributed by atoms with Crippen molar-refractivity contribution in [3.63, 3.8) is 0 Å². The van der Waals surface area contributed by atoms with Crippen LogP contribution in [-0.2, 0) is 14.3 Å². The van der Waals surface area contributed by atoms with E-state index in [1.807, 2.05) is 55.4 Å². The molecule has 1 fully saturated rings. The lowest BCUT2D eigenvalue weighted by molar-refractivity contribution is -0.140. The van der Waals surface area contributed by atoms with Gasteiger partial charge in [0.15, 0.2) is 0 Å². The van der Waals surface area contributed by atoms with E-state index < -0.39 is 11.8 Å². The van der Waals surface area contributed by atoms with Crippen LogP contribution in [0.25, 0.3) is 0 Å². The molecule has 0 aromatic heterocycles. The Balaban J connectivity index is 1.46. The van der Waals surface area contributed by atoms with Crippen molar-refractivity contribution >= 4 is 33.4 Å². The maximum absolute atomic E-state index is 14.9. The summed E-state index contributed by atoms with van der Waals surface area (Å²) >= 11 is 3.40. The largest absolute Gasteiger partial charge is 0.375 e. The van der Waals surface area contributed by atoms with Gasteiger partial charge in [0.25, 0.3) is 0 Å². The minimum Gasteiger partial charge on any atom is -0.375 e. The quantitative estimate of drug-likeness (QED) is 0.497. The maximum atomic E-state index is 14.9. The summed E-state index contributed by atoms with van der Waals surface area (Å²) in [6, 6.07) is 13.2. The number of halogens is 2. The molecule has 3 N–H and O–H groups in total. The first-order valence-corrected chi connectivity index (χ1v) is 12.3. The van der Waals surface area contributed by atoms with Gasteiger partial charge in [0.1, 0.15) is 5.82 Å². The number of carbonyl (C=O) groups is 2. The number of hydrogen-bond donors (Lipinski definition) is 3. The lowest BCUT2D eigenvalue weighted by atomic mass is 9.76. The molecule has 4 rings (SSSR count). The summed E-state index contributed by atoms with van der Waals surface area (Å²) in [7, 11) is 3.79. The van der Waals surface area contributed by atoms with Crippen molar-refractivity contribution in [3.8, 4) is 0 Å². The van der Waals surface area contributed by atoms with Crippen LogP contribution in [0.1, 0.15) is 36.1 Å². The van der Waals surface area contributed by atoms with Gasteiger partial charge >= 0.3 is 11.8 Å². The normalized spacial score (nSPS) is 23.4. The zero-order valence-corrected chi connectivity index (χ0v) is 20.9. The molecule has 0 saturated carbocycles. The number of amides is 2. The van der Waals surface area contributed by atoms with Crippen LogP contribution in [0.5, 0.6) is 0 Å². The van der Waals surface area contributed by atoms with Crippen LogP contribution < -0.4 is 16.0 Å². The van der Waals surface area contributed by atoms with Crippen molar-refractivity contribution in [1.29, 1.82) is 0 Å². The highest BCUT2D eigenvalue weighted by Gasteiger charge is 2.43. The van der Waals surface area contributed by atoms with Crippen molar-refractivity contribution in [2.45, 2.75) is 31.1 Å². The Hall–Kier alpha value is -2.49. The molecule has 7 nitrogen and oxygen atoms in total. The molecule has 182 valence electrons. The number of hydrogen-bond acceptors (Lipinski definition) is 5. The van der Waals surface area contributed by atoms with Gasteiger partial charge in [-0.25, -0.2) is 4.39 Å². The molecule has 34 heavy (non-hydrogen) atoms. The Bertz CT molecular complexity index is 1040. The van der Waals surface area contributed by atoms with E-state index in [0.29, 0.717) is 23.2 Å². The Morgan fingerprint density at radius 2 is 1.88 bits per heavy atom. The molecule has 0 aliphatic carbocycles.